The van der Waals surface area contributed by atoms with Crippen LogP contribution in [0.25, 0.3) is 0 Å². The molecular weight excluding hydrogens is 228 g/mol. The van der Waals surface area contributed by atoms with Gasteiger partial charge in [-0.3, -0.25) is 0 Å². The highest BCUT2D eigenvalue weighted by atomic mass is 14.0. The first kappa shape index (κ1) is 16.3. The van der Waals surface area contributed by atoms with E-state index in [1.54, 1.807) is 0 Å². The third-order valence-electron chi connectivity index (χ3n) is 3.85. The lowest BCUT2D eigenvalue weighted by Gasteiger charge is -2.02. The van der Waals surface area contributed by atoms with Gasteiger partial charge >= 0.3 is 0 Å². The van der Waals surface area contributed by atoms with E-state index in [2.05, 4.69) is 36.5 Å². The van der Waals surface area contributed by atoms with E-state index in [9.17, 15) is 0 Å². The molecule has 0 fully saturated rings. The fourth-order valence-corrected chi connectivity index (χ4v) is 2.59. The minimum absolute atomic E-state index is 1.24. The average molecular weight is 260 g/mol. The highest BCUT2D eigenvalue weighted by molar-refractivity contribution is 5.10. The highest BCUT2D eigenvalue weighted by Crippen LogP contribution is 2.12. The van der Waals surface area contributed by atoms with Gasteiger partial charge in [0.05, 0.1) is 0 Å². The van der Waals surface area contributed by atoms with Gasteiger partial charge in [-0.05, 0) is 25.7 Å². The van der Waals surface area contributed by atoms with Gasteiger partial charge in [0.15, 0.2) is 0 Å². The van der Waals surface area contributed by atoms with E-state index < -0.39 is 0 Å². The Balaban J connectivity index is 2.19. The molecule has 1 aliphatic carbocycles. The van der Waals surface area contributed by atoms with Crippen LogP contribution >= 0.6 is 0 Å². The zero-order chi connectivity index (χ0) is 13.4. The molecule has 0 radical (unpaired) electrons. The number of hydrogen-bond acceptors (Lipinski definition) is 0. The summed E-state index contributed by atoms with van der Waals surface area (Å²) in [5, 5.41) is 0. The van der Waals surface area contributed by atoms with E-state index in [4.69, 9.17) is 0 Å². The van der Waals surface area contributed by atoms with Gasteiger partial charge in [0.25, 0.3) is 0 Å². The van der Waals surface area contributed by atoms with E-state index in [0.717, 1.165) is 0 Å². The summed E-state index contributed by atoms with van der Waals surface area (Å²) in [6.45, 7) is 0. The molecule has 0 saturated heterocycles. The Hall–Kier alpha value is -0.780. The molecule has 0 aliphatic heterocycles. The maximum absolute atomic E-state index is 2.30. The lowest BCUT2D eigenvalue weighted by atomic mass is 10.0. The van der Waals surface area contributed by atoms with Crippen LogP contribution in [-0.4, -0.2) is 0 Å². The van der Waals surface area contributed by atoms with Gasteiger partial charge < -0.3 is 0 Å². The normalized spacial score (nSPS) is 21.5. The number of hydrogen-bond donors (Lipinski definition) is 0. The van der Waals surface area contributed by atoms with Gasteiger partial charge in [0, 0.05) is 0 Å². The van der Waals surface area contributed by atoms with Crippen LogP contribution < -0.4 is 0 Å². The predicted molar refractivity (Wildman–Crippen MR) is 87.4 cm³/mol. The molecule has 0 aromatic heterocycles. The second-order valence-electron chi connectivity index (χ2n) is 5.71. The first-order chi connectivity index (χ1) is 9.50. The lowest BCUT2D eigenvalue weighted by Crippen LogP contribution is -1.82. The molecule has 0 atom stereocenters. The topological polar surface area (TPSA) is 0 Å². The van der Waals surface area contributed by atoms with Crippen molar-refractivity contribution in [2.75, 3.05) is 0 Å². The van der Waals surface area contributed by atoms with Crippen LogP contribution in [0.5, 0.6) is 0 Å². The first-order valence-electron chi connectivity index (χ1n) is 8.48. The number of rotatable bonds is 0. The van der Waals surface area contributed by atoms with Crippen molar-refractivity contribution in [2.24, 2.45) is 0 Å². The van der Waals surface area contributed by atoms with Crippen LogP contribution in [0.4, 0.5) is 0 Å². The van der Waals surface area contributed by atoms with Crippen molar-refractivity contribution < 1.29 is 0 Å². The van der Waals surface area contributed by atoms with Crippen molar-refractivity contribution in [3.8, 4) is 0 Å². The third-order valence-corrected chi connectivity index (χ3v) is 3.85. The molecule has 19 heavy (non-hydrogen) atoms. The second kappa shape index (κ2) is 13.6. The molecule has 1 rings (SSSR count). The van der Waals surface area contributed by atoms with Crippen LogP contribution in [0, 0.1) is 0 Å². The summed E-state index contributed by atoms with van der Waals surface area (Å²) in [4.78, 5) is 0. The van der Waals surface area contributed by atoms with Gasteiger partial charge in [-0.1, -0.05) is 94.2 Å². The van der Waals surface area contributed by atoms with E-state index >= 15 is 0 Å². The Labute approximate surface area is 120 Å². The summed E-state index contributed by atoms with van der Waals surface area (Å²) in [5.74, 6) is 0. The molecule has 0 bridgehead atoms. The minimum atomic E-state index is 1.24. The molecular formula is C19H32. The van der Waals surface area contributed by atoms with Gasteiger partial charge in [-0.15, -0.1) is 0 Å². The first-order valence-corrected chi connectivity index (χ1v) is 8.48. The minimum Gasteiger partial charge on any atom is -0.0845 e. The molecule has 0 aromatic rings. The smallest absolute Gasteiger partial charge is 0.0348 e. The molecule has 0 unspecified atom stereocenters. The van der Waals surface area contributed by atoms with Crippen molar-refractivity contribution in [1.29, 1.82) is 0 Å². The van der Waals surface area contributed by atoms with Gasteiger partial charge in [-0.25, -0.2) is 0 Å². The molecule has 0 N–H and O–H groups in total. The van der Waals surface area contributed by atoms with Crippen molar-refractivity contribution in [1.82, 2.24) is 0 Å². The maximum atomic E-state index is 2.30. The molecule has 0 spiro atoms. The molecule has 0 aromatic carbocycles. The Bertz CT molecular complexity index is 231. The molecule has 0 amide bonds. The van der Waals surface area contributed by atoms with Gasteiger partial charge in [-0.2, -0.15) is 0 Å². The Morgan fingerprint density at radius 1 is 0.316 bits per heavy atom. The molecule has 0 heteroatoms. The summed E-state index contributed by atoms with van der Waals surface area (Å²) >= 11 is 0. The average Bonchev–Trinajstić information content (AvgIpc) is 2.43. The fourth-order valence-electron chi connectivity index (χ4n) is 2.59. The summed E-state index contributed by atoms with van der Waals surface area (Å²) in [6, 6.07) is 0. The third kappa shape index (κ3) is 12.0. The zero-order valence-electron chi connectivity index (χ0n) is 12.7. The van der Waals surface area contributed by atoms with Crippen LogP contribution in [0.15, 0.2) is 36.5 Å². The summed E-state index contributed by atoms with van der Waals surface area (Å²) in [7, 11) is 0. The fraction of sp³-hybridized carbons (Fsp3) is 0.684. The quantitative estimate of drug-likeness (QED) is 0.452. The van der Waals surface area contributed by atoms with Crippen LogP contribution in [0.3, 0.4) is 0 Å². The molecule has 0 saturated carbocycles. The predicted octanol–water partition coefficient (Wildman–Crippen LogP) is 6.74. The Morgan fingerprint density at radius 2 is 0.632 bits per heavy atom. The van der Waals surface area contributed by atoms with Crippen LogP contribution in [0.1, 0.15) is 83.5 Å². The van der Waals surface area contributed by atoms with Crippen molar-refractivity contribution in [2.45, 2.75) is 83.5 Å². The summed E-state index contributed by atoms with van der Waals surface area (Å²) in [5.41, 5.74) is 0. The van der Waals surface area contributed by atoms with Crippen LogP contribution in [0.2, 0.25) is 0 Å². The second-order valence-corrected chi connectivity index (χ2v) is 5.71. The van der Waals surface area contributed by atoms with Crippen molar-refractivity contribution >= 4 is 0 Å². The SMILES string of the molecule is C1=CC=CCCCCCCCCCCCCCC=C1. The summed E-state index contributed by atoms with van der Waals surface area (Å²) < 4.78 is 0. The summed E-state index contributed by atoms with van der Waals surface area (Å²) in [6.07, 6.45) is 31.5. The Kier molecular flexibility index (Phi) is 11.7. The van der Waals surface area contributed by atoms with E-state index in [1.165, 1.54) is 83.5 Å². The number of allylic oxidation sites excluding steroid dienone is 6. The highest BCUT2D eigenvalue weighted by Gasteiger charge is 1.93. The molecule has 0 nitrogen and oxygen atoms in total. The van der Waals surface area contributed by atoms with E-state index in [1.807, 2.05) is 0 Å². The van der Waals surface area contributed by atoms with Gasteiger partial charge in [0.2, 0.25) is 0 Å². The van der Waals surface area contributed by atoms with Crippen molar-refractivity contribution in [3.63, 3.8) is 0 Å². The van der Waals surface area contributed by atoms with Crippen molar-refractivity contribution in [3.05, 3.63) is 36.5 Å². The zero-order valence-corrected chi connectivity index (χ0v) is 12.7. The van der Waals surface area contributed by atoms with Gasteiger partial charge in [0.1, 0.15) is 0 Å². The molecule has 0 heterocycles. The molecule has 1 aliphatic rings. The van der Waals surface area contributed by atoms with Crippen LogP contribution in [-0.2, 0) is 0 Å². The largest absolute Gasteiger partial charge is 0.0845 e. The maximum Gasteiger partial charge on any atom is -0.0348 e. The Morgan fingerprint density at radius 3 is 1.00 bits per heavy atom. The van der Waals surface area contributed by atoms with E-state index in [0.29, 0.717) is 0 Å². The standard InChI is InChI=1S/C19H32/c1-2-4-6-8-10-12-14-16-18-19-17-15-13-11-9-7-5-3-1/h1-6H,7-19H2. The monoisotopic (exact) mass is 260 g/mol. The molecule has 108 valence electrons. The lowest BCUT2D eigenvalue weighted by molar-refractivity contribution is 0.547. The van der Waals surface area contributed by atoms with E-state index in [-0.39, 0.29) is 0 Å².